The summed E-state index contributed by atoms with van der Waals surface area (Å²) < 4.78 is 0. The third-order valence-corrected chi connectivity index (χ3v) is 10.3. The number of nitrogens with one attached hydrogen (secondary N) is 3. The fourth-order valence-corrected chi connectivity index (χ4v) is 8.94. The molecule has 4 bridgehead atoms. The molecule has 43 heavy (non-hydrogen) atoms. The van der Waals surface area contributed by atoms with Gasteiger partial charge in [0.2, 0.25) is 11.8 Å². The van der Waals surface area contributed by atoms with Gasteiger partial charge >= 0.3 is 0 Å². The van der Waals surface area contributed by atoms with E-state index in [-0.39, 0.29) is 17.2 Å². The molecule has 8 rings (SSSR count). The first-order valence-corrected chi connectivity index (χ1v) is 16.1. The zero-order valence-corrected chi connectivity index (χ0v) is 25.1. The van der Waals surface area contributed by atoms with E-state index in [0.29, 0.717) is 32.4 Å². The van der Waals surface area contributed by atoms with Crippen molar-refractivity contribution in [1.82, 2.24) is 20.6 Å². The van der Waals surface area contributed by atoms with Crippen LogP contribution in [0.2, 0.25) is 0 Å². The molecule has 0 atom stereocenters. The standard InChI is InChI=1S/C37H42N4O2/c1-24-9-10-30(32(16-24)28-6-3-2-4-7-28)35-29(31-8-5-13-40-36(31)41-35)11-12-33(42)38-14-15-39-34(43)23-37-20-25-17-26(21-37)19-27(18-25)22-37/h2-10,13,16,25-27H,11-12,14-15,17-23H2,1H3,(H,38,42)(H,39,43)(H,40,41). The highest BCUT2D eigenvalue weighted by atomic mass is 16.2. The molecule has 0 aliphatic heterocycles. The average molecular weight is 575 g/mol. The van der Waals surface area contributed by atoms with E-state index < -0.39 is 0 Å². The van der Waals surface area contributed by atoms with Crippen molar-refractivity contribution in [3.8, 4) is 22.4 Å². The highest BCUT2D eigenvalue weighted by molar-refractivity contribution is 5.93. The maximum Gasteiger partial charge on any atom is 0.220 e. The van der Waals surface area contributed by atoms with Gasteiger partial charge < -0.3 is 15.6 Å². The number of carbonyl (C=O) groups is 2. The van der Waals surface area contributed by atoms with Crippen LogP contribution in [0.15, 0.2) is 66.9 Å². The number of aryl methyl sites for hydroxylation is 2. The molecule has 6 heteroatoms. The van der Waals surface area contributed by atoms with Crippen molar-refractivity contribution < 1.29 is 9.59 Å². The second-order valence-corrected chi connectivity index (χ2v) is 13.6. The first kappa shape index (κ1) is 27.9. The second kappa shape index (κ2) is 11.6. The normalized spacial score (nSPS) is 23.9. The Morgan fingerprint density at radius 1 is 0.860 bits per heavy atom. The van der Waals surface area contributed by atoms with Crippen molar-refractivity contribution in [3.63, 3.8) is 0 Å². The Balaban J connectivity index is 0.980. The van der Waals surface area contributed by atoms with Crippen LogP contribution in [0, 0.1) is 30.1 Å². The molecule has 4 saturated carbocycles. The van der Waals surface area contributed by atoms with Gasteiger partial charge in [-0.15, -0.1) is 0 Å². The molecule has 4 aliphatic carbocycles. The summed E-state index contributed by atoms with van der Waals surface area (Å²) >= 11 is 0. The van der Waals surface area contributed by atoms with Crippen molar-refractivity contribution in [1.29, 1.82) is 0 Å². The van der Waals surface area contributed by atoms with Crippen molar-refractivity contribution >= 4 is 22.8 Å². The monoisotopic (exact) mass is 574 g/mol. The summed E-state index contributed by atoms with van der Waals surface area (Å²) in [4.78, 5) is 34.0. The quantitative estimate of drug-likeness (QED) is 0.179. The minimum Gasteiger partial charge on any atom is -0.354 e. The van der Waals surface area contributed by atoms with Crippen LogP contribution in [0.4, 0.5) is 0 Å². The van der Waals surface area contributed by atoms with Crippen molar-refractivity contribution in [2.75, 3.05) is 13.1 Å². The third-order valence-electron chi connectivity index (χ3n) is 10.3. The minimum absolute atomic E-state index is 0.00767. The Morgan fingerprint density at radius 3 is 2.28 bits per heavy atom. The maximum absolute atomic E-state index is 12.9. The molecular weight excluding hydrogens is 532 g/mol. The van der Waals surface area contributed by atoms with Crippen LogP contribution in [0.1, 0.15) is 62.5 Å². The predicted octanol–water partition coefficient (Wildman–Crippen LogP) is 6.98. The summed E-state index contributed by atoms with van der Waals surface area (Å²) in [6, 6.07) is 21.0. The van der Waals surface area contributed by atoms with Crippen LogP contribution in [-0.4, -0.2) is 34.9 Å². The van der Waals surface area contributed by atoms with Gasteiger partial charge in [-0.3, -0.25) is 9.59 Å². The van der Waals surface area contributed by atoms with E-state index in [1.165, 1.54) is 44.1 Å². The van der Waals surface area contributed by atoms with Crippen molar-refractivity contribution in [2.24, 2.45) is 23.2 Å². The molecule has 3 N–H and O–H groups in total. The first-order chi connectivity index (χ1) is 20.9. The Bertz CT molecular complexity index is 1600. The van der Waals surface area contributed by atoms with Gasteiger partial charge in [0.1, 0.15) is 5.65 Å². The summed E-state index contributed by atoms with van der Waals surface area (Å²) in [7, 11) is 0. The molecule has 0 saturated heterocycles. The van der Waals surface area contributed by atoms with E-state index in [9.17, 15) is 9.59 Å². The predicted molar refractivity (Wildman–Crippen MR) is 171 cm³/mol. The van der Waals surface area contributed by atoms with Gasteiger partial charge in [0.25, 0.3) is 0 Å². The average Bonchev–Trinajstić information content (AvgIpc) is 3.36. The van der Waals surface area contributed by atoms with Crippen molar-refractivity contribution in [2.45, 2.75) is 64.7 Å². The lowest BCUT2D eigenvalue weighted by atomic mass is 9.49. The summed E-state index contributed by atoms with van der Waals surface area (Å²) in [5, 5.41) is 7.17. The Morgan fingerprint density at radius 2 is 1.56 bits per heavy atom. The number of H-pyrrole nitrogens is 1. The van der Waals surface area contributed by atoms with Gasteiger partial charge in [-0.25, -0.2) is 4.98 Å². The number of hydrogen-bond donors (Lipinski definition) is 3. The number of aromatic amines is 1. The van der Waals surface area contributed by atoms with E-state index in [4.69, 9.17) is 0 Å². The highest BCUT2D eigenvalue weighted by Gasteiger charge is 2.51. The van der Waals surface area contributed by atoms with E-state index in [2.05, 4.69) is 76.1 Å². The van der Waals surface area contributed by atoms with Crippen LogP contribution < -0.4 is 10.6 Å². The van der Waals surface area contributed by atoms with Gasteiger partial charge in [-0.05, 0) is 104 Å². The fourth-order valence-electron chi connectivity index (χ4n) is 8.94. The van der Waals surface area contributed by atoms with Gasteiger partial charge in [0.05, 0.1) is 5.69 Å². The largest absolute Gasteiger partial charge is 0.354 e. The number of amides is 2. The van der Waals surface area contributed by atoms with Gasteiger partial charge in [0.15, 0.2) is 0 Å². The Kier molecular flexibility index (Phi) is 7.54. The molecule has 4 aromatic rings. The zero-order chi connectivity index (χ0) is 29.4. The lowest BCUT2D eigenvalue weighted by Gasteiger charge is -2.56. The second-order valence-electron chi connectivity index (χ2n) is 13.6. The van der Waals surface area contributed by atoms with Crippen LogP contribution in [0.3, 0.4) is 0 Å². The Labute approximate surface area is 254 Å². The van der Waals surface area contributed by atoms with E-state index in [1.54, 1.807) is 6.20 Å². The number of pyridine rings is 1. The molecule has 2 aromatic heterocycles. The molecule has 6 nitrogen and oxygen atoms in total. The lowest BCUT2D eigenvalue weighted by Crippen LogP contribution is -2.48. The molecule has 2 amide bonds. The molecule has 4 fully saturated rings. The molecule has 2 aromatic carbocycles. The third kappa shape index (κ3) is 5.84. The number of hydrogen-bond acceptors (Lipinski definition) is 3. The number of nitrogens with zero attached hydrogens (tertiary/aromatic N) is 1. The number of benzene rings is 2. The number of aromatic nitrogens is 2. The lowest BCUT2D eigenvalue weighted by molar-refractivity contribution is -0.129. The highest BCUT2D eigenvalue weighted by Crippen LogP contribution is 2.61. The topological polar surface area (TPSA) is 86.9 Å². The number of carbonyl (C=O) groups excluding carboxylic acids is 2. The van der Waals surface area contributed by atoms with Gasteiger partial charge in [-0.2, -0.15) is 0 Å². The van der Waals surface area contributed by atoms with Crippen LogP contribution in [0.5, 0.6) is 0 Å². The number of fused-ring (bicyclic) bond motifs is 1. The number of rotatable bonds is 10. The summed E-state index contributed by atoms with van der Waals surface area (Å²) in [5.74, 6) is 2.69. The Hall–Kier alpha value is -3.93. The fraction of sp³-hybridized carbons (Fsp3) is 0.432. The summed E-state index contributed by atoms with van der Waals surface area (Å²) in [6.07, 6.45) is 11.3. The molecule has 4 aliphatic rings. The first-order valence-electron chi connectivity index (χ1n) is 16.1. The summed E-state index contributed by atoms with van der Waals surface area (Å²) in [5.41, 5.74) is 7.79. The molecule has 0 radical (unpaired) electrons. The molecular formula is C37H42N4O2. The maximum atomic E-state index is 12.9. The van der Waals surface area contributed by atoms with Crippen LogP contribution in [-0.2, 0) is 16.0 Å². The SMILES string of the molecule is Cc1ccc(-c2[nH]c3ncccc3c2CCC(=O)NCCNC(=O)CC23CC4CC(CC(C4)C2)C3)c(-c2ccccc2)c1. The molecule has 0 unspecified atom stereocenters. The van der Waals surface area contributed by atoms with Gasteiger partial charge in [0, 0.05) is 43.1 Å². The minimum atomic E-state index is -0.00767. The van der Waals surface area contributed by atoms with E-state index in [0.717, 1.165) is 56.7 Å². The van der Waals surface area contributed by atoms with Crippen molar-refractivity contribution in [3.05, 3.63) is 78.0 Å². The van der Waals surface area contributed by atoms with Crippen LogP contribution in [0.25, 0.3) is 33.4 Å². The summed E-state index contributed by atoms with van der Waals surface area (Å²) in [6.45, 7) is 3.03. The zero-order valence-electron chi connectivity index (χ0n) is 25.1. The van der Waals surface area contributed by atoms with E-state index in [1.807, 2.05) is 12.1 Å². The molecule has 2 heterocycles. The van der Waals surface area contributed by atoms with Gasteiger partial charge in [-0.1, -0.05) is 54.1 Å². The van der Waals surface area contributed by atoms with E-state index >= 15 is 0 Å². The molecule has 222 valence electrons. The van der Waals surface area contributed by atoms with Crippen LogP contribution >= 0.6 is 0 Å². The molecule has 0 spiro atoms. The smallest absolute Gasteiger partial charge is 0.220 e.